The Morgan fingerprint density at radius 1 is 1.22 bits per heavy atom. The zero-order valence-corrected chi connectivity index (χ0v) is 15.0. The summed E-state index contributed by atoms with van der Waals surface area (Å²) >= 11 is 0. The number of nitrogens with two attached hydrogens (primary N) is 1. The Balaban J connectivity index is 1.46. The zero-order valence-electron chi connectivity index (χ0n) is 15.0. The van der Waals surface area contributed by atoms with Crippen molar-refractivity contribution in [2.45, 2.75) is 31.2 Å². The number of carbonyl (C=O) groups excluding carboxylic acids is 1. The molecule has 2 aromatic heterocycles. The van der Waals surface area contributed by atoms with Crippen LogP contribution in [0.2, 0.25) is 0 Å². The van der Waals surface area contributed by atoms with Gasteiger partial charge in [0.05, 0.1) is 6.04 Å². The van der Waals surface area contributed by atoms with E-state index in [2.05, 4.69) is 9.97 Å². The number of piperidine rings is 1. The van der Waals surface area contributed by atoms with Crippen LogP contribution >= 0.6 is 0 Å². The minimum Gasteiger partial charge on any atom is -0.341 e. The quantitative estimate of drug-likeness (QED) is 0.767. The van der Waals surface area contributed by atoms with Crippen LogP contribution in [0.1, 0.15) is 30.0 Å². The molecule has 0 radical (unpaired) electrons. The summed E-state index contributed by atoms with van der Waals surface area (Å²) in [5, 5.41) is 0. The molecule has 1 amide bonds. The van der Waals surface area contributed by atoms with Crippen LogP contribution in [-0.4, -0.2) is 44.3 Å². The lowest BCUT2D eigenvalue weighted by atomic mass is 9.93. The Morgan fingerprint density at radius 3 is 2.81 bits per heavy atom. The van der Waals surface area contributed by atoms with Gasteiger partial charge in [0, 0.05) is 43.3 Å². The van der Waals surface area contributed by atoms with Crippen LogP contribution in [0.25, 0.3) is 5.78 Å². The van der Waals surface area contributed by atoms with Crippen molar-refractivity contribution in [1.29, 1.82) is 0 Å². The van der Waals surface area contributed by atoms with Crippen LogP contribution in [0.15, 0.2) is 48.9 Å². The smallest absolute Gasteiger partial charge is 0.239 e. The van der Waals surface area contributed by atoms with Gasteiger partial charge in [0.1, 0.15) is 5.82 Å². The highest BCUT2D eigenvalue weighted by atomic mass is 19.1. The largest absolute Gasteiger partial charge is 0.341 e. The number of hydrogen-bond acceptors (Lipinski definition) is 4. The molecule has 1 aromatic carbocycles. The second-order valence-corrected chi connectivity index (χ2v) is 7.03. The maximum atomic E-state index is 13.0. The average molecular weight is 367 g/mol. The lowest BCUT2D eigenvalue weighted by Crippen LogP contribution is -2.48. The number of rotatable bonds is 4. The fourth-order valence-corrected chi connectivity index (χ4v) is 3.80. The van der Waals surface area contributed by atoms with E-state index < -0.39 is 6.04 Å². The maximum Gasteiger partial charge on any atom is 0.239 e. The second-order valence-electron chi connectivity index (χ2n) is 7.03. The van der Waals surface area contributed by atoms with E-state index in [0.717, 1.165) is 24.1 Å². The predicted octanol–water partition coefficient (Wildman–Crippen LogP) is 2.14. The number of aromatic nitrogens is 3. The molecular weight excluding hydrogens is 345 g/mol. The number of nitrogens with zero attached hydrogens (tertiary/aromatic N) is 4. The summed E-state index contributed by atoms with van der Waals surface area (Å²) in [6.07, 6.45) is 7.74. The Bertz CT molecular complexity index is 939. The first-order valence-corrected chi connectivity index (χ1v) is 9.18. The Kier molecular flexibility index (Phi) is 4.85. The molecule has 0 aliphatic carbocycles. The Morgan fingerprint density at radius 2 is 2.00 bits per heavy atom. The molecule has 2 N–H and O–H groups in total. The van der Waals surface area contributed by atoms with Gasteiger partial charge in [-0.25, -0.2) is 14.4 Å². The van der Waals surface area contributed by atoms with Crippen molar-refractivity contribution >= 4 is 11.7 Å². The standard InChI is InChI=1S/C20H22FN5O/c21-16-5-3-14(4-6-16)12-17(22)19(27)25-10-1-2-15(13-25)18-7-8-23-20-24-9-11-26(18)20/h3-9,11,15,17H,1-2,10,12-13,22H2. The van der Waals surface area contributed by atoms with Crippen molar-refractivity contribution in [2.75, 3.05) is 13.1 Å². The Labute approximate surface area is 156 Å². The summed E-state index contributed by atoms with van der Waals surface area (Å²) in [5.41, 5.74) is 8.14. The minimum atomic E-state index is -0.625. The number of likely N-dealkylation sites (tertiary alicyclic amines) is 1. The molecule has 2 unspecified atom stereocenters. The van der Waals surface area contributed by atoms with Crippen molar-refractivity contribution < 1.29 is 9.18 Å². The lowest BCUT2D eigenvalue weighted by molar-refractivity contribution is -0.133. The van der Waals surface area contributed by atoms with Gasteiger partial charge in [-0.1, -0.05) is 12.1 Å². The summed E-state index contributed by atoms with van der Waals surface area (Å²) < 4.78 is 15.0. The third-order valence-electron chi connectivity index (χ3n) is 5.17. The van der Waals surface area contributed by atoms with Crippen LogP contribution in [0.5, 0.6) is 0 Å². The topological polar surface area (TPSA) is 76.5 Å². The van der Waals surface area contributed by atoms with Gasteiger partial charge in [0.25, 0.3) is 0 Å². The molecule has 3 heterocycles. The van der Waals surface area contributed by atoms with Crippen molar-refractivity contribution in [3.05, 3.63) is 66.0 Å². The van der Waals surface area contributed by atoms with Gasteiger partial charge in [-0.15, -0.1) is 0 Å². The summed E-state index contributed by atoms with van der Waals surface area (Å²) in [5.74, 6) is 0.546. The number of carbonyl (C=O) groups is 1. The number of amides is 1. The molecule has 0 spiro atoms. The van der Waals surface area contributed by atoms with E-state index in [1.165, 1.54) is 12.1 Å². The van der Waals surface area contributed by atoms with Gasteiger partial charge in [-0.2, -0.15) is 0 Å². The van der Waals surface area contributed by atoms with E-state index in [1.54, 1.807) is 24.5 Å². The SMILES string of the molecule is NC(Cc1ccc(F)cc1)C(=O)N1CCCC(c2ccnc3nccn23)C1. The molecule has 0 bridgehead atoms. The zero-order chi connectivity index (χ0) is 18.8. The van der Waals surface area contributed by atoms with Gasteiger partial charge in [0.15, 0.2) is 0 Å². The van der Waals surface area contributed by atoms with Crippen LogP contribution in [0, 0.1) is 5.82 Å². The first kappa shape index (κ1) is 17.6. The Hall–Kier alpha value is -2.80. The highest BCUT2D eigenvalue weighted by molar-refractivity contribution is 5.82. The molecular formula is C20H22FN5O. The second kappa shape index (κ2) is 7.44. The van der Waals surface area contributed by atoms with Crippen LogP contribution in [-0.2, 0) is 11.2 Å². The fourth-order valence-electron chi connectivity index (χ4n) is 3.80. The molecule has 1 aliphatic rings. The number of fused-ring (bicyclic) bond motifs is 1. The van der Waals surface area contributed by atoms with E-state index >= 15 is 0 Å². The third kappa shape index (κ3) is 3.68. The van der Waals surface area contributed by atoms with E-state index in [-0.39, 0.29) is 17.6 Å². The molecule has 0 saturated carbocycles. The van der Waals surface area contributed by atoms with E-state index in [9.17, 15) is 9.18 Å². The van der Waals surface area contributed by atoms with Gasteiger partial charge in [-0.05, 0) is 43.0 Å². The van der Waals surface area contributed by atoms with Crippen molar-refractivity contribution in [3.63, 3.8) is 0 Å². The highest BCUT2D eigenvalue weighted by Crippen LogP contribution is 2.27. The van der Waals surface area contributed by atoms with Gasteiger partial charge < -0.3 is 10.6 Å². The molecule has 1 aliphatic heterocycles. The normalized spacial score (nSPS) is 18.6. The van der Waals surface area contributed by atoms with Crippen LogP contribution < -0.4 is 5.73 Å². The molecule has 7 heteroatoms. The molecule has 4 rings (SSSR count). The first-order chi connectivity index (χ1) is 13.1. The van der Waals surface area contributed by atoms with E-state index in [1.807, 2.05) is 21.6 Å². The van der Waals surface area contributed by atoms with Gasteiger partial charge in [-0.3, -0.25) is 9.20 Å². The molecule has 140 valence electrons. The summed E-state index contributed by atoms with van der Waals surface area (Å²) in [6.45, 7) is 1.35. The number of benzene rings is 1. The van der Waals surface area contributed by atoms with Gasteiger partial charge in [0.2, 0.25) is 11.7 Å². The number of halogens is 1. The molecule has 27 heavy (non-hydrogen) atoms. The highest BCUT2D eigenvalue weighted by Gasteiger charge is 2.29. The predicted molar refractivity (Wildman–Crippen MR) is 99.6 cm³/mol. The summed E-state index contributed by atoms with van der Waals surface area (Å²) in [6, 6.07) is 7.50. The number of hydrogen-bond donors (Lipinski definition) is 1. The van der Waals surface area contributed by atoms with Gasteiger partial charge >= 0.3 is 0 Å². The fraction of sp³-hybridized carbons (Fsp3) is 0.350. The molecule has 3 aromatic rings. The summed E-state index contributed by atoms with van der Waals surface area (Å²) in [4.78, 5) is 23.2. The molecule has 1 saturated heterocycles. The number of imidazole rings is 1. The van der Waals surface area contributed by atoms with Crippen LogP contribution in [0.4, 0.5) is 4.39 Å². The summed E-state index contributed by atoms with van der Waals surface area (Å²) in [7, 11) is 0. The monoisotopic (exact) mass is 367 g/mol. The minimum absolute atomic E-state index is 0.0556. The van der Waals surface area contributed by atoms with Crippen molar-refractivity contribution in [3.8, 4) is 0 Å². The van der Waals surface area contributed by atoms with E-state index in [0.29, 0.717) is 25.3 Å². The maximum absolute atomic E-state index is 13.0. The average Bonchev–Trinajstić information content (AvgIpc) is 3.18. The van der Waals surface area contributed by atoms with Crippen molar-refractivity contribution in [2.24, 2.45) is 5.73 Å². The lowest BCUT2D eigenvalue weighted by Gasteiger charge is -2.34. The molecule has 6 nitrogen and oxygen atoms in total. The molecule has 1 fully saturated rings. The molecule has 2 atom stereocenters. The van der Waals surface area contributed by atoms with Crippen LogP contribution in [0.3, 0.4) is 0 Å². The van der Waals surface area contributed by atoms with E-state index in [4.69, 9.17) is 5.73 Å². The third-order valence-corrected chi connectivity index (χ3v) is 5.17. The first-order valence-electron chi connectivity index (χ1n) is 9.18. The van der Waals surface area contributed by atoms with Crippen molar-refractivity contribution in [1.82, 2.24) is 19.3 Å².